The van der Waals surface area contributed by atoms with E-state index < -0.39 is 0 Å². The molecule has 0 N–H and O–H groups in total. The van der Waals surface area contributed by atoms with Crippen LogP contribution in [0.25, 0.3) is 0 Å². The number of halogens is 3. The molecule has 0 amide bonds. The van der Waals surface area contributed by atoms with E-state index in [1.165, 1.54) is 0 Å². The number of benzene rings is 1. The van der Waals surface area contributed by atoms with Crippen molar-refractivity contribution in [1.29, 1.82) is 0 Å². The van der Waals surface area contributed by atoms with E-state index in [1.54, 1.807) is 0 Å². The summed E-state index contributed by atoms with van der Waals surface area (Å²) in [5.41, 5.74) is 3.24. The summed E-state index contributed by atoms with van der Waals surface area (Å²) in [7, 11) is 0. The van der Waals surface area contributed by atoms with Crippen molar-refractivity contribution in [2.75, 3.05) is 0 Å². The Morgan fingerprint density at radius 3 is 1.73 bits per heavy atom. The van der Waals surface area contributed by atoms with E-state index in [9.17, 15) is 0 Å². The number of hydrogen-bond acceptors (Lipinski definition) is 0. The number of hydrogen-bond donors (Lipinski definition) is 0. The van der Waals surface area contributed by atoms with Crippen molar-refractivity contribution in [3.05, 3.63) is 34.9 Å². The molecule has 1 aromatic carbocycles. The normalized spacial score (nSPS) is 17.2. The van der Waals surface area contributed by atoms with Crippen molar-refractivity contribution in [3.8, 4) is 0 Å². The highest BCUT2D eigenvalue weighted by molar-refractivity contribution is 6.22. The van der Waals surface area contributed by atoms with Crippen LogP contribution in [0, 0.1) is 0 Å². The van der Waals surface area contributed by atoms with Gasteiger partial charge in [-0.25, -0.2) is 0 Å². The molecule has 0 fully saturated rings. The highest BCUT2D eigenvalue weighted by atomic mass is 35.5. The van der Waals surface area contributed by atoms with Crippen molar-refractivity contribution >= 4 is 34.8 Å². The third kappa shape index (κ3) is 3.27. The monoisotopic (exact) mass is 264 g/mol. The maximum atomic E-state index is 6.13. The molecule has 0 aliphatic rings. The van der Waals surface area contributed by atoms with Crippen molar-refractivity contribution in [1.82, 2.24) is 0 Å². The maximum Gasteiger partial charge on any atom is 0.0560 e. The molecular weight excluding hydrogens is 250 g/mol. The maximum absolute atomic E-state index is 6.13. The zero-order valence-corrected chi connectivity index (χ0v) is 11.4. The molecule has 0 saturated heterocycles. The molecule has 1 aromatic rings. The van der Waals surface area contributed by atoms with Crippen molar-refractivity contribution in [3.63, 3.8) is 0 Å². The average Bonchev–Trinajstić information content (AvgIpc) is 2.16. The van der Waals surface area contributed by atoms with Crippen LogP contribution in [0.3, 0.4) is 0 Å². The first-order valence-corrected chi connectivity index (χ1v) is 6.30. The quantitative estimate of drug-likeness (QED) is 0.625. The fourth-order valence-corrected chi connectivity index (χ4v) is 2.07. The van der Waals surface area contributed by atoms with Gasteiger partial charge < -0.3 is 0 Å². The second-order valence-corrected chi connectivity index (χ2v) is 5.70. The summed E-state index contributed by atoms with van der Waals surface area (Å²) in [5.74, 6) is 0. The van der Waals surface area contributed by atoms with Crippen LogP contribution in [0.15, 0.2) is 18.2 Å². The van der Waals surface area contributed by atoms with Gasteiger partial charge in [-0.3, -0.25) is 0 Å². The lowest BCUT2D eigenvalue weighted by Crippen LogP contribution is -1.98. The Hall–Kier alpha value is 0.0900. The summed E-state index contributed by atoms with van der Waals surface area (Å²) >= 11 is 18.3. The standard InChI is InChI=1S/C12H15Cl3/c1-7(13)10-4-5-11(8(2)14)12(6-10)9(3)15/h4-9H,1-3H3. The number of rotatable bonds is 3. The molecule has 0 heterocycles. The third-order valence-electron chi connectivity index (χ3n) is 2.43. The Labute approximate surface area is 107 Å². The Balaban J connectivity index is 3.21. The smallest absolute Gasteiger partial charge is 0.0560 e. The molecule has 84 valence electrons. The summed E-state index contributed by atoms with van der Waals surface area (Å²) < 4.78 is 0. The molecule has 0 spiro atoms. The van der Waals surface area contributed by atoms with Gasteiger partial charge in [-0.1, -0.05) is 18.2 Å². The van der Waals surface area contributed by atoms with E-state index in [0.29, 0.717) is 0 Å². The van der Waals surface area contributed by atoms with Crippen LogP contribution in [0.1, 0.15) is 53.6 Å². The van der Waals surface area contributed by atoms with Crippen LogP contribution in [0.4, 0.5) is 0 Å². The summed E-state index contributed by atoms with van der Waals surface area (Å²) in [6, 6.07) is 6.07. The molecule has 0 radical (unpaired) electrons. The largest absolute Gasteiger partial charge is 0.118 e. The third-order valence-corrected chi connectivity index (χ3v) is 3.15. The Bertz CT molecular complexity index is 330. The van der Waals surface area contributed by atoms with Crippen molar-refractivity contribution in [2.45, 2.75) is 36.9 Å². The van der Waals surface area contributed by atoms with Crippen molar-refractivity contribution < 1.29 is 0 Å². The van der Waals surface area contributed by atoms with Crippen LogP contribution in [0.2, 0.25) is 0 Å². The first-order chi connectivity index (χ1) is 6.93. The average molecular weight is 266 g/mol. The second kappa shape index (κ2) is 5.43. The minimum absolute atomic E-state index is 0.00107. The molecule has 0 aromatic heterocycles. The van der Waals surface area contributed by atoms with E-state index in [0.717, 1.165) is 16.7 Å². The zero-order valence-electron chi connectivity index (χ0n) is 9.10. The molecule has 3 unspecified atom stereocenters. The zero-order chi connectivity index (χ0) is 11.6. The van der Waals surface area contributed by atoms with Gasteiger partial charge in [-0.15, -0.1) is 34.8 Å². The lowest BCUT2D eigenvalue weighted by Gasteiger charge is -2.16. The molecule has 3 heteroatoms. The van der Waals surface area contributed by atoms with Gasteiger partial charge in [0.2, 0.25) is 0 Å². The molecule has 0 aliphatic heterocycles. The molecule has 0 aliphatic carbocycles. The first kappa shape index (κ1) is 13.2. The summed E-state index contributed by atoms with van der Waals surface area (Å²) in [6.07, 6.45) is 0. The molecule has 0 saturated carbocycles. The molecular formula is C12H15Cl3. The lowest BCUT2D eigenvalue weighted by atomic mass is 9.98. The highest BCUT2D eigenvalue weighted by Gasteiger charge is 2.14. The number of alkyl halides is 3. The highest BCUT2D eigenvalue weighted by Crippen LogP contribution is 2.33. The second-order valence-electron chi connectivity index (χ2n) is 3.74. The lowest BCUT2D eigenvalue weighted by molar-refractivity contribution is 0.966. The van der Waals surface area contributed by atoms with Crippen molar-refractivity contribution in [2.24, 2.45) is 0 Å². The van der Waals surface area contributed by atoms with E-state index >= 15 is 0 Å². The summed E-state index contributed by atoms with van der Waals surface area (Å²) in [5, 5.41) is -0.0729. The van der Waals surface area contributed by atoms with Crippen LogP contribution >= 0.6 is 34.8 Å². The van der Waals surface area contributed by atoms with Gasteiger partial charge in [-0.2, -0.15) is 0 Å². The van der Waals surface area contributed by atoms with E-state index in [2.05, 4.69) is 0 Å². The summed E-state index contributed by atoms with van der Waals surface area (Å²) in [6.45, 7) is 5.84. The van der Waals surface area contributed by atoms with Crippen LogP contribution in [-0.2, 0) is 0 Å². The van der Waals surface area contributed by atoms with Crippen LogP contribution in [-0.4, -0.2) is 0 Å². The minimum Gasteiger partial charge on any atom is -0.118 e. The topological polar surface area (TPSA) is 0 Å². The van der Waals surface area contributed by atoms with Gasteiger partial charge in [0.15, 0.2) is 0 Å². The fourth-order valence-electron chi connectivity index (χ4n) is 1.55. The molecule has 1 rings (SSSR count). The van der Waals surface area contributed by atoms with E-state index in [1.807, 2.05) is 39.0 Å². The van der Waals surface area contributed by atoms with Gasteiger partial charge >= 0.3 is 0 Å². The predicted molar refractivity (Wildman–Crippen MR) is 69.2 cm³/mol. The van der Waals surface area contributed by atoms with Crippen LogP contribution < -0.4 is 0 Å². The Kier molecular flexibility index (Phi) is 4.76. The van der Waals surface area contributed by atoms with Gasteiger partial charge in [0, 0.05) is 0 Å². The first-order valence-electron chi connectivity index (χ1n) is 4.99. The Morgan fingerprint density at radius 1 is 0.800 bits per heavy atom. The summed E-state index contributed by atoms with van der Waals surface area (Å²) in [4.78, 5) is 0. The molecule has 3 atom stereocenters. The van der Waals surface area contributed by atoms with E-state index in [4.69, 9.17) is 34.8 Å². The minimum atomic E-state index is -0.0448. The van der Waals surface area contributed by atoms with Gasteiger partial charge in [0.05, 0.1) is 16.1 Å². The van der Waals surface area contributed by atoms with Crippen LogP contribution in [0.5, 0.6) is 0 Å². The molecule has 0 bridgehead atoms. The Morgan fingerprint density at radius 2 is 1.33 bits per heavy atom. The van der Waals surface area contributed by atoms with Gasteiger partial charge in [0.25, 0.3) is 0 Å². The van der Waals surface area contributed by atoms with Gasteiger partial charge in [-0.05, 0) is 37.5 Å². The predicted octanol–water partition coefficient (Wildman–Crippen LogP) is 5.59. The molecule has 0 nitrogen and oxygen atoms in total. The SMILES string of the molecule is CC(Cl)c1ccc(C(C)Cl)c(C(C)Cl)c1. The fraction of sp³-hybridized carbons (Fsp3) is 0.500. The van der Waals surface area contributed by atoms with Gasteiger partial charge in [0.1, 0.15) is 0 Å². The van der Waals surface area contributed by atoms with E-state index in [-0.39, 0.29) is 16.1 Å². The molecule has 15 heavy (non-hydrogen) atoms.